The summed E-state index contributed by atoms with van der Waals surface area (Å²) in [4.78, 5) is 11.7. The van der Waals surface area contributed by atoms with Gasteiger partial charge in [0.25, 0.3) is 5.91 Å². The SMILES string of the molecule is CC(CCN)NC(=O)c1ccccc1Cl. The molecule has 1 amide bonds. The van der Waals surface area contributed by atoms with Gasteiger partial charge in [0.15, 0.2) is 0 Å². The van der Waals surface area contributed by atoms with Gasteiger partial charge < -0.3 is 11.1 Å². The number of amides is 1. The first-order valence-electron chi connectivity index (χ1n) is 4.90. The summed E-state index contributed by atoms with van der Waals surface area (Å²) in [7, 11) is 0. The standard InChI is InChI=1S/C11H15ClN2O/c1-8(6-7-13)14-11(15)9-4-2-3-5-10(9)12/h2-5,8H,6-7,13H2,1H3,(H,14,15). The van der Waals surface area contributed by atoms with Gasteiger partial charge in [0.1, 0.15) is 0 Å². The van der Waals surface area contributed by atoms with Crippen molar-refractivity contribution in [2.45, 2.75) is 19.4 Å². The number of carbonyl (C=O) groups excluding carboxylic acids is 1. The van der Waals surface area contributed by atoms with Gasteiger partial charge in [-0.25, -0.2) is 0 Å². The molecule has 82 valence electrons. The maximum atomic E-state index is 11.7. The lowest BCUT2D eigenvalue weighted by Crippen LogP contribution is -2.34. The molecule has 1 aromatic rings. The van der Waals surface area contributed by atoms with Crippen molar-refractivity contribution in [3.8, 4) is 0 Å². The summed E-state index contributed by atoms with van der Waals surface area (Å²) in [6, 6.07) is 7.05. The van der Waals surface area contributed by atoms with E-state index in [0.29, 0.717) is 17.1 Å². The molecule has 3 N–H and O–H groups in total. The first-order valence-corrected chi connectivity index (χ1v) is 5.28. The average molecular weight is 227 g/mol. The Morgan fingerprint density at radius 1 is 1.53 bits per heavy atom. The molecule has 1 rings (SSSR count). The molecule has 1 aromatic carbocycles. The van der Waals surface area contributed by atoms with E-state index in [9.17, 15) is 4.79 Å². The van der Waals surface area contributed by atoms with Crippen molar-refractivity contribution in [1.29, 1.82) is 0 Å². The molecule has 0 aliphatic carbocycles. The summed E-state index contributed by atoms with van der Waals surface area (Å²) in [6.45, 7) is 2.48. The van der Waals surface area contributed by atoms with Crippen molar-refractivity contribution in [1.82, 2.24) is 5.32 Å². The zero-order chi connectivity index (χ0) is 11.3. The molecule has 1 atom stereocenters. The second-order valence-corrected chi connectivity index (χ2v) is 3.84. The van der Waals surface area contributed by atoms with Crippen LogP contribution in [-0.2, 0) is 0 Å². The molecule has 15 heavy (non-hydrogen) atoms. The fourth-order valence-electron chi connectivity index (χ4n) is 1.27. The van der Waals surface area contributed by atoms with E-state index < -0.39 is 0 Å². The third-order valence-corrected chi connectivity index (χ3v) is 2.43. The second kappa shape index (κ2) is 5.73. The summed E-state index contributed by atoms with van der Waals surface area (Å²) >= 11 is 5.89. The van der Waals surface area contributed by atoms with Crippen LogP contribution in [0.5, 0.6) is 0 Å². The number of hydrogen-bond acceptors (Lipinski definition) is 2. The molecule has 0 saturated carbocycles. The summed E-state index contributed by atoms with van der Waals surface area (Å²) in [5.41, 5.74) is 5.90. The summed E-state index contributed by atoms with van der Waals surface area (Å²) in [5.74, 6) is -0.151. The minimum absolute atomic E-state index is 0.0683. The molecule has 0 saturated heterocycles. The monoisotopic (exact) mass is 226 g/mol. The van der Waals surface area contributed by atoms with E-state index in [1.165, 1.54) is 0 Å². The highest BCUT2D eigenvalue weighted by Crippen LogP contribution is 2.14. The van der Waals surface area contributed by atoms with Crippen LogP contribution in [0.3, 0.4) is 0 Å². The van der Waals surface area contributed by atoms with Crippen LogP contribution in [0.1, 0.15) is 23.7 Å². The Kier molecular flexibility index (Phi) is 4.59. The van der Waals surface area contributed by atoms with Gasteiger partial charge in [-0.1, -0.05) is 23.7 Å². The Morgan fingerprint density at radius 3 is 2.80 bits per heavy atom. The van der Waals surface area contributed by atoms with Crippen LogP contribution in [0.15, 0.2) is 24.3 Å². The van der Waals surface area contributed by atoms with Gasteiger partial charge in [-0.3, -0.25) is 4.79 Å². The van der Waals surface area contributed by atoms with E-state index in [4.69, 9.17) is 17.3 Å². The van der Waals surface area contributed by atoms with Gasteiger partial charge in [0.05, 0.1) is 10.6 Å². The largest absolute Gasteiger partial charge is 0.349 e. The van der Waals surface area contributed by atoms with Crippen LogP contribution in [0.4, 0.5) is 0 Å². The molecule has 3 nitrogen and oxygen atoms in total. The van der Waals surface area contributed by atoms with Crippen LogP contribution in [0.2, 0.25) is 5.02 Å². The molecular weight excluding hydrogens is 212 g/mol. The van der Waals surface area contributed by atoms with Crippen LogP contribution in [0.25, 0.3) is 0 Å². The Hall–Kier alpha value is -1.06. The zero-order valence-electron chi connectivity index (χ0n) is 8.66. The molecule has 0 spiro atoms. The van der Waals surface area contributed by atoms with E-state index in [1.807, 2.05) is 6.92 Å². The number of rotatable bonds is 4. The van der Waals surface area contributed by atoms with Gasteiger partial charge >= 0.3 is 0 Å². The van der Waals surface area contributed by atoms with Crippen LogP contribution in [0, 0.1) is 0 Å². The van der Waals surface area contributed by atoms with Gasteiger partial charge in [0.2, 0.25) is 0 Å². The molecule has 0 aliphatic heterocycles. The summed E-state index contributed by atoms with van der Waals surface area (Å²) < 4.78 is 0. The highest BCUT2D eigenvalue weighted by molar-refractivity contribution is 6.33. The van der Waals surface area contributed by atoms with Crippen molar-refractivity contribution in [3.63, 3.8) is 0 Å². The molecule has 0 radical (unpaired) electrons. The van der Waals surface area contributed by atoms with Gasteiger partial charge in [-0.05, 0) is 32.0 Å². The predicted octanol–water partition coefficient (Wildman–Crippen LogP) is 1.81. The fraction of sp³-hybridized carbons (Fsp3) is 0.364. The summed E-state index contributed by atoms with van der Waals surface area (Å²) in [5, 5.41) is 3.30. The number of nitrogens with one attached hydrogen (secondary N) is 1. The van der Waals surface area contributed by atoms with Crippen LogP contribution >= 0.6 is 11.6 Å². The number of benzene rings is 1. The number of halogens is 1. The van der Waals surface area contributed by atoms with E-state index in [1.54, 1.807) is 24.3 Å². The van der Waals surface area contributed by atoms with Crippen molar-refractivity contribution >= 4 is 17.5 Å². The lowest BCUT2D eigenvalue weighted by molar-refractivity contribution is 0.0939. The van der Waals surface area contributed by atoms with E-state index >= 15 is 0 Å². The number of carbonyl (C=O) groups is 1. The molecule has 1 unspecified atom stereocenters. The Labute approximate surface area is 94.6 Å². The normalized spacial score (nSPS) is 12.2. The molecule has 0 aromatic heterocycles. The van der Waals surface area contributed by atoms with Gasteiger partial charge in [-0.15, -0.1) is 0 Å². The van der Waals surface area contributed by atoms with Crippen molar-refractivity contribution in [2.75, 3.05) is 6.54 Å². The molecule has 0 heterocycles. The average Bonchev–Trinajstić information content (AvgIpc) is 2.18. The third kappa shape index (κ3) is 3.53. The first-order chi connectivity index (χ1) is 7.15. The highest BCUT2D eigenvalue weighted by atomic mass is 35.5. The minimum Gasteiger partial charge on any atom is -0.349 e. The maximum absolute atomic E-state index is 11.7. The highest BCUT2D eigenvalue weighted by Gasteiger charge is 2.11. The molecule has 0 bridgehead atoms. The predicted molar refractivity (Wildman–Crippen MR) is 62.1 cm³/mol. The molecule has 0 aliphatic rings. The lowest BCUT2D eigenvalue weighted by atomic mass is 10.2. The van der Waals surface area contributed by atoms with Crippen molar-refractivity contribution < 1.29 is 4.79 Å². The maximum Gasteiger partial charge on any atom is 0.252 e. The molecule has 0 fully saturated rings. The Balaban J connectivity index is 2.65. The van der Waals surface area contributed by atoms with Gasteiger partial charge in [0, 0.05) is 6.04 Å². The third-order valence-electron chi connectivity index (χ3n) is 2.10. The first kappa shape index (κ1) is 12.0. The Morgan fingerprint density at radius 2 is 2.20 bits per heavy atom. The topological polar surface area (TPSA) is 55.1 Å². The van der Waals surface area contributed by atoms with E-state index in [-0.39, 0.29) is 11.9 Å². The van der Waals surface area contributed by atoms with Gasteiger partial charge in [-0.2, -0.15) is 0 Å². The summed E-state index contributed by atoms with van der Waals surface area (Å²) in [6.07, 6.45) is 0.760. The van der Waals surface area contributed by atoms with Crippen molar-refractivity contribution in [2.24, 2.45) is 5.73 Å². The van der Waals surface area contributed by atoms with E-state index in [0.717, 1.165) is 6.42 Å². The fourth-order valence-corrected chi connectivity index (χ4v) is 1.49. The number of hydrogen-bond donors (Lipinski definition) is 2. The van der Waals surface area contributed by atoms with Crippen LogP contribution in [-0.4, -0.2) is 18.5 Å². The second-order valence-electron chi connectivity index (χ2n) is 3.43. The Bertz CT molecular complexity index is 341. The van der Waals surface area contributed by atoms with Crippen LogP contribution < -0.4 is 11.1 Å². The quantitative estimate of drug-likeness (QED) is 0.823. The number of nitrogens with two attached hydrogens (primary N) is 1. The minimum atomic E-state index is -0.151. The zero-order valence-corrected chi connectivity index (χ0v) is 9.42. The van der Waals surface area contributed by atoms with E-state index in [2.05, 4.69) is 5.32 Å². The lowest BCUT2D eigenvalue weighted by Gasteiger charge is -2.13. The molecule has 4 heteroatoms. The molecular formula is C11H15ClN2O. The van der Waals surface area contributed by atoms with Crippen molar-refractivity contribution in [3.05, 3.63) is 34.9 Å². The smallest absolute Gasteiger partial charge is 0.252 e.